The summed E-state index contributed by atoms with van der Waals surface area (Å²) in [6, 6.07) is 13.2. The number of nitrogens with zero attached hydrogens (tertiary/aromatic N) is 1. The number of benzene rings is 2. The van der Waals surface area contributed by atoms with Crippen molar-refractivity contribution in [1.82, 2.24) is 4.98 Å². The van der Waals surface area contributed by atoms with Gasteiger partial charge in [0, 0.05) is 10.9 Å². The molecule has 1 heteroatoms. The molecule has 120 valence electrons. The molecular weight excluding hydrogens is 290 g/mol. The van der Waals surface area contributed by atoms with E-state index >= 15 is 0 Å². The van der Waals surface area contributed by atoms with Crippen LogP contribution in [0.3, 0.4) is 0 Å². The molecule has 0 bridgehead atoms. The summed E-state index contributed by atoms with van der Waals surface area (Å²) in [6.45, 7) is 11.1. The van der Waals surface area contributed by atoms with E-state index < -0.39 is 0 Å². The molecule has 0 aliphatic heterocycles. The molecule has 0 spiro atoms. The van der Waals surface area contributed by atoms with Crippen LogP contribution >= 0.6 is 0 Å². The molecule has 0 fully saturated rings. The minimum atomic E-state index is 0.174. The van der Waals surface area contributed by atoms with Gasteiger partial charge in [-0.25, -0.2) is 4.98 Å². The Morgan fingerprint density at radius 2 is 1.46 bits per heavy atom. The Morgan fingerprint density at radius 1 is 0.792 bits per heavy atom. The van der Waals surface area contributed by atoms with Crippen molar-refractivity contribution >= 4 is 23.1 Å². The zero-order valence-corrected chi connectivity index (χ0v) is 15.1. The van der Waals surface area contributed by atoms with Crippen LogP contribution in [0.1, 0.15) is 48.6 Å². The van der Waals surface area contributed by atoms with Crippen LogP contribution in [-0.4, -0.2) is 4.98 Å². The number of rotatable bonds is 1. The van der Waals surface area contributed by atoms with Crippen molar-refractivity contribution in [3.05, 3.63) is 64.2 Å². The zero-order chi connectivity index (χ0) is 17.1. The third kappa shape index (κ3) is 2.19. The van der Waals surface area contributed by atoms with Crippen molar-refractivity contribution in [3.63, 3.8) is 0 Å². The molecule has 3 aromatic rings. The van der Waals surface area contributed by atoms with Gasteiger partial charge in [0.25, 0.3) is 0 Å². The van der Waals surface area contributed by atoms with Gasteiger partial charge in [0.1, 0.15) is 0 Å². The smallest absolute Gasteiger partial charge is 0.0744 e. The third-order valence-electron chi connectivity index (χ3n) is 5.14. The van der Waals surface area contributed by atoms with Crippen LogP contribution < -0.4 is 0 Å². The van der Waals surface area contributed by atoms with Gasteiger partial charge in [-0.3, -0.25) is 0 Å². The van der Waals surface area contributed by atoms with E-state index in [2.05, 4.69) is 83.2 Å². The summed E-state index contributed by atoms with van der Waals surface area (Å²) >= 11 is 0. The third-order valence-corrected chi connectivity index (χ3v) is 5.14. The molecule has 1 aliphatic carbocycles. The summed E-state index contributed by atoms with van der Waals surface area (Å²) in [5.74, 6) is 0. The highest BCUT2D eigenvalue weighted by Crippen LogP contribution is 2.38. The monoisotopic (exact) mass is 313 g/mol. The summed E-state index contributed by atoms with van der Waals surface area (Å²) in [6.07, 6.45) is 4.48. The first-order valence-electron chi connectivity index (χ1n) is 8.59. The van der Waals surface area contributed by atoms with Crippen LogP contribution in [0.4, 0.5) is 0 Å². The number of hydrogen-bond acceptors (Lipinski definition) is 1. The van der Waals surface area contributed by atoms with Gasteiger partial charge in [-0.05, 0) is 53.1 Å². The van der Waals surface area contributed by atoms with E-state index in [-0.39, 0.29) is 5.41 Å². The Kier molecular flexibility index (Phi) is 3.18. The van der Waals surface area contributed by atoms with Crippen molar-refractivity contribution < 1.29 is 0 Å². The van der Waals surface area contributed by atoms with Crippen LogP contribution in [0.25, 0.3) is 34.3 Å². The lowest BCUT2D eigenvalue weighted by Gasteiger charge is -2.19. The van der Waals surface area contributed by atoms with E-state index in [9.17, 15) is 0 Å². The first-order chi connectivity index (χ1) is 11.4. The molecule has 0 amide bonds. The van der Waals surface area contributed by atoms with Gasteiger partial charge in [-0.15, -0.1) is 0 Å². The summed E-state index contributed by atoms with van der Waals surface area (Å²) in [5, 5.41) is 1.31. The van der Waals surface area contributed by atoms with Gasteiger partial charge < -0.3 is 0 Å². The zero-order valence-electron chi connectivity index (χ0n) is 15.1. The van der Waals surface area contributed by atoms with E-state index in [1.165, 1.54) is 38.8 Å². The van der Waals surface area contributed by atoms with Crippen molar-refractivity contribution in [1.29, 1.82) is 0 Å². The lowest BCUT2D eigenvalue weighted by atomic mass is 9.86. The molecule has 0 N–H and O–H groups in total. The van der Waals surface area contributed by atoms with Gasteiger partial charge >= 0.3 is 0 Å². The van der Waals surface area contributed by atoms with Crippen LogP contribution in [0.15, 0.2) is 36.4 Å². The second kappa shape index (κ2) is 5.04. The van der Waals surface area contributed by atoms with Crippen molar-refractivity contribution in [2.45, 2.75) is 40.0 Å². The highest BCUT2D eigenvalue weighted by atomic mass is 14.7. The molecule has 1 nitrogen and oxygen atoms in total. The first kappa shape index (κ1) is 15.1. The van der Waals surface area contributed by atoms with Gasteiger partial charge in [0.15, 0.2) is 0 Å². The topological polar surface area (TPSA) is 12.9 Å². The van der Waals surface area contributed by atoms with E-state index in [1.54, 1.807) is 0 Å². The summed E-state index contributed by atoms with van der Waals surface area (Å²) in [5.41, 5.74) is 10.2. The summed E-state index contributed by atoms with van der Waals surface area (Å²) < 4.78 is 0. The largest absolute Gasteiger partial charge is 0.247 e. The summed E-state index contributed by atoms with van der Waals surface area (Å²) in [7, 11) is 0. The predicted molar refractivity (Wildman–Crippen MR) is 104 cm³/mol. The molecule has 1 heterocycles. The molecule has 0 radical (unpaired) electrons. The second-order valence-corrected chi connectivity index (χ2v) is 7.85. The molecule has 24 heavy (non-hydrogen) atoms. The van der Waals surface area contributed by atoms with E-state index in [1.807, 2.05) is 0 Å². The molecular formula is C23H23N. The van der Waals surface area contributed by atoms with Crippen LogP contribution in [0, 0.1) is 13.8 Å². The fraction of sp³-hybridized carbons (Fsp3) is 0.261. The Hall–Kier alpha value is -2.41. The van der Waals surface area contributed by atoms with Gasteiger partial charge in [0.2, 0.25) is 0 Å². The van der Waals surface area contributed by atoms with Crippen molar-refractivity contribution in [2.75, 3.05) is 0 Å². The maximum absolute atomic E-state index is 5.00. The minimum Gasteiger partial charge on any atom is -0.247 e. The Bertz CT molecular complexity index is 983. The van der Waals surface area contributed by atoms with E-state index in [4.69, 9.17) is 4.98 Å². The molecule has 0 saturated carbocycles. The van der Waals surface area contributed by atoms with E-state index in [0.717, 1.165) is 11.2 Å². The van der Waals surface area contributed by atoms with E-state index in [0.29, 0.717) is 0 Å². The molecule has 0 unspecified atom stereocenters. The van der Waals surface area contributed by atoms with Gasteiger partial charge in [-0.1, -0.05) is 63.3 Å². The normalized spacial score (nSPS) is 13.0. The van der Waals surface area contributed by atoms with Crippen molar-refractivity contribution in [2.24, 2.45) is 0 Å². The lowest BCUT2D eigenvalue weighted by molar-refractivity contribution is 0.590. The molecule has 1 aromatic heterocycles. The summed E-state index contributed by atoms with van der Waals surface area (Å²) in [4.78, 5) is 5.00. The van der Waals surface area contributed by atoms with Crippen molar-refractivity contribution in [3.8, 4) is 11.3 Å². The second-order valence-electron chi connectivity index (χ2n) is 7.85. The SMILES string of the molecule is Cc1ccc2nc(-c3ccc(C(C)(C)C)cc3)c(C)c3c2c1C=C3. The maximum Gasteiger partial charge on any atom is 0.0744 e. The number of aryl methyl sites for hydroxylation is 1. The quantitative estimate of drug-likeness (QED) is 0.402. The van der Waals surface area contributed by atoms with Crippen LogP contribution in [-0.2, 0) is 5.41 Å². The fourth-order valence-corrected chi connectivity index (χ4v) is 3.61. The molecule has 1 aliphatic rings. The maximum atomic E-state index is 5.00. The number of hydrogen-bond donors (Lipinski definition) is 0. The first-order valence-corrected chi connectivity index (χ1v) is 8.59. The van der Waals surface area contributed by atoms with Gasteiger partial charge in [-0.2, -0.15) is 0 Å². The average molecular weight is 313 g/mol. The van der Waals surface area contributed by atoms with Gasteiger partial charge in [0.05, 0.1) is 11.2 Å². The highest BCUT2D eigenvalue weighted by Gasteiger charge is 2.19. The minimum absolute atomic E-state index is 0.174. The number of aromatic nitrogens is 1. The molecule has 0 atom stereocenters. The van der Waals surface area contributed by atoms with Crippen LogP contribution in [0.5, 0.6) is 0 Å². The standard InChI is InChI=1S/C23H23N/c1-14-6-13-20-21-18(14)11-12-19(21)15(2)22(24-20)16-7-9-17(10-8-16)23(3,4)5/h6-13H,1-5H3. The molecule has 4 rings (SSSR count). The molecule has 0 saturated heterocycles. The van der Waals surface area contributed by atoms with Crippen LogP contribution in [0.2, 0.25) is 0 Å². The fourth-order valence-electron chi connectivity index (χ4n) is 3.61. The number of pyridine rings is 1. The Morgan fingerprint density at radius 3 is 2.12 bits per heavy atom. The molecule has 2 aromatic carbocycles. The Balaban J connectivity index is 1.92. The predicted octanol–water partition coefficient (Wildman–Crippen LogP) is 6.30. The lowest BCUT2D eigenvalue weighted by Crippen LogP contribution is -2.10. The highest BCUT2D eigenvalue weighted by molar-refractivity contribution is 6.06. The average Bonchev–Trinajstić information content (AvgIpc) is 2.99. The Labute approximate surface area is 144 Å².